The van der Waals surface area contributed by atoms with E-state index < -0.39 is 0 Å². The molecule has 1 unspecified atom stereocenters. The summed E-state index contributed by atoms with van der Waals surface area (Å²) in [4.78, 5) is 9.30. The van der Waals surface area contributed by atoms with Gasteiger partial charge in [-0.05, 0) is 56.8 Å². The van der Waals surface area contributed by atoms with Gasteiger partial charge in [0.15, 0.2) is 5.65 Å². The van der Waals surface area contributed by atoms with Gasteiger partial charge in [0.2, 0.25) is 0 Å². The summed E-state index contributed by atoms with van der Waals surface area (Å²) >= 11 is 0. The Morgan fingerprint density at radius 1 is 1.45 bits per heavy atom. The lowest BCUT2D eigenvalue weighted by atomic mass is 9.94. The maximum atomic E-state index is 4.80. The number of imidazole rings is 1. The number of hydrogen-bond donors (Lipinski definition) is 1. The predicted octanol–water partition coefficient (Wildman–Crippen LogP) is 2.77. The van der Waals surface area contributed by atoms with Crippen molar-refractivity contribution in [1.29, 1.82) is 0 Å². The summed E-state index contributed by atoms with van der Waals surface area (Å²) in [6, 6.07) is 4.04. The van der Waals surface area contributed by atoms with Crippen molar-refractivity contribution in [2.24, 2.45) is 5.92 Å². The monoisotopic (exact) mass is 272 g/mol. The van der Waals surface area contributed by atoms with Crippen LogP contribution in [-0.2, 0) is 13.0 Å². The highest BCUT2D eigenvalue weighted by Crippen LogP contribution is 2.20. The second-order valence-corrected chi connectivity index (χ2v) is 5.78. The third-order valence-corrected chi connectivity index (χ3v) is 4.21. The Morgan fingerprint density at radius 2 is 2.40 bits per heavy atom. The maximum Gasteiger partial charge on any atom is 0.159 e. The van der Waals surface area contributed by atoms with E-state index in [0.717, 1.165) is 36.5 Å². The highest BCUT2D eigenvalue weighted by molar-refractivity contribution is 5.71. The fourth-order valence-electron chi connectivity index (χ4n) is 3.16. The summed E-state index contributed by atoms with van der Waals surface area (Å²) < 4.78 is 2.31. The van der Waals surface area contributed by atoms with Gasteiger partial charge in [0.25, 0.3) is 0 Å². The molecule has 1 atom stereocenters. The van der Waals surface area contributed by atoms with Gasteiger partial charge in [-0.3, -0.25) is 0 Å². The van der Waals surface area contributed by atoms with Crippen molar-refractivity contribution in [2.75, 3.05) is 13.1 Å². The number of rotatable bonds is 5. The molecule has 1 N–H and O–H groups in total. The first-order valence-corrected chi connectivity index (χ1v) is 7.89. The Hall–Kier alpha value is -1.42. The van der Waals surface area contributed by atoms with E-state index in [4.69, 9.17) is 4.98 Å². The van der Waals surface area contributed by atoms with Gasteiger partial charge in [-0.1, -0.05) is 6.92 Å². The standard InChI is InChI=1S/C16H24N4/c1-2-11-20-15(8-7-13-5-3-9-17-12-13)19-14-6-4-10-18-16(14)20/h4,6,10,13,17H,2-3,5,7-9,11-12H2,1H3. The topological polar surface area (TPSA) is 42.7 Å². The molecule has 4 nitrogen and oxygen atoms in total. The van der Waals surface area contributed by atoms with Gasteiger partial charge in [0.05, 0.1) is 0 Å². The summed E-state index contributed by atoms with van der Waals surface area (Å²) in [6.45, 7) is 5.59. The molecule has 0 radical (unpaired) electrons. The van der Waals surface area contributed by atoms with Crippen molar-refractivity contribution >= 4 is 11.2 Å². The maximum absolute atomic E-state index is 4.80. The van der Waals surface area contributed by atoms with E-state index in [0.29, 0.717) is 0 Å². The Bertz CT molecular complexity index is 555. The summed E-state index contributed by atoms with van der Waals surface area (Å²) in [5.74, 6) is 2.03. The number of hydrogen-bond acceptors (Lipinski definition) is 3. The van der Waals surface area contributed by atoms with E-state index in [9.17, 15) is 0 Å². The number of piperidine rings is 1. The lowest BCUT2D eigenvalue weighted by Gasteiger charge is -2.22. The molecule has 1 saturated heterocycles. The summed E-state index contributed by atoms with van der Waals surface area (Å²) in [7, 11) is 0. The Balaban J connectivity index is 1.77. The summed E-state index contributed by atoms with van der Waals surface area (Å²) in [5.41, 5.74) is 2.09. The zero-order valence-corrected chi connectivity index (χ0v) is 12.3. The van der Waals surface area contributed by atoms with Crippen LogP contribution in [0.4, 0.5) is 0 Å². The zero-order valence-electron chi connectivity index (χ0n) is 12.3. The second-order valence-electron chi connectivity index (χ2n) is 5.78. The summed E-state index contributed by atoms with van der Waals surface area (Å²) in [6.07, 6.45) is 7.98. The molecule has 0 aromatic carbocycles. The first kappa shape index (κ1) is 13.6. The van der Waals surface area contributed by atoms with E-state index >= 15 is 0 Å². The van der Waals surface area contributed by atoms with Gasteiger partial charge in [0.1, 0.15) is 11.3 Å². The lowest BCUT2D eigenvalue weighted by Crippen LogP contribution is -2.30. The van der Waals surface area contributed by atoms with E-state index in [2.05, 4.69) is 27.9 Å². The van der Waals surface area contributed by atoms with Gasteiger partial charge >= 0.3 is 0 Å². The number of nitrogens with one attached hydrogen (secondary N) is 1. The number of aromatic nitrogens is 3. The molecule has 0 saturated carbocycles. The molecule has 1 fully saturated rings. The molecule has 0 bridgehead atoms. The highest BCUT2D eigenvalue weighted by Gasteiger charge is 2.16. The number of nitrogens with zero attached hydrogens (tertiary/aromatic N) is 3. The molecule has 1 aliphatic rings. The average molecular weight is 272 g/mol. The minimum absolute atomic E-state index is 0.812. The number of fused-ring (bicyclic) bond motifs is 1. The average Bonchev–Trinajstić information content (AvgIpc) is 2.85. The van der Waals surface area contributed by atoms with Crippen molar-refractivity contribution in [2.45, 2.75) is 45.6 Å². The second kappa shape index (κ2) is 6.35. The molecule has 4 heteroatoms. The molecule has 0 aliphatic carbocycles. The molecule has 1 aliphatic heterocycles. The molecular weight excluding hydrogens is 248 g/mol. The third kappa shape index (κ3) is 2.85. The number of aryl methyl sites for hydroxylation is 2. The Labute approximate surface area is 120 Å². The first-order valence-electron chi connectivity index (χ1n) is 7.89. The van der Waals surface area contributed by atoms with Crippen molar-refractivity contribution < 1.29 is 0 Å². The SMILES string of the molecule is CCCn1c(CCC2CCCNC2)nc2cccnc21. The Morgan fingerprint density at radius 3 is 3.20 bits per heavy atom. The van der Waals surface area contributed by atoms with Crippen LogP contribution < -0.4 is 5.32 Å². The van der Waals surface area contributed by atoms with Crippen LogP contribution in [-0.4, -0.2) is 27.6 Å². The minimum Gasteiger partial charge on any atom is -0.316 e. The van der Waals surface area contributed by atoms with Gasteiger partial charge < -0.3 is 9.88 Å². The molecular formula is C16H24N4. The minimum atomic E-state index is 0.812. The van der Waals surface area contributed by atoms with Gasteiger partial charge in [-0.2, -0.15) is 0 Å². The van der Waals surface area contributed by atoms with Crippen molar-refractivity contribution in [3.63, 3.8) is 0 Å². The van der Waals surface area contributed by atoms with Crippen LogP contribution in [0.2, 0.25) is 0 Å². The van der Waals surface area contributed by atoms with Crippen LogP contribution in [0.3, 0.4) is 0 Å². The van der Waals surface area contributed by atoms with Crippen LogP contribution in [0.15, 0.2) is 18.3 Å². The predicted molar refractivity (Wildman–Crippen MR) is 81.7 cm³/mol. The molecule has 2 aromatic rings. The fraction of sp³-hybridized carbons (Fsp3) is 0.625. The van der Waals surface area contributed by atoms with Gasteiger partial charge in [-0.15, -0.1) is 0 Å². The van der Waals surface area contributed by atoms with Crippen LogP contribution in [0.1, 0.15) is 38.4 Å². The summed E-state index contributed by atoms with van der Waals surface area (Å²) in [5, 5.41) is 3.50. The Kier molecular flexibility index (Phi) is 4.31. The number of pyridine rings is 1. The molecule has 20 heavy (non-hydrogen) atoms. The highest BCUT2D eigenvalue weighted by atomic mass is 15.1. The molecule has 108 valence electrons. The van der Waals surface area contributed by atoms with Crippen LogP contribution in [0.5, 0.6) is 0 Å². The normalized spacial score (nSPS) is 19.6. The zero-order chi connectivity index (χ0) is 13.8. The van der Waals surface area contributed by atoms with Crippen LogP contribution in [0, 0.1) is 5.92 Å². The van der Waals surface area contributed by atoms with E-state index in [-0.39, 0.29) is 0 Å². The molecule has 2 aromatic heterocycles. The molecule has 3 rings (SSSR count). The first-order chi connectivity index (χ1) is 9.88. The molecule has 3 heterocycles. The van der Waals surface area contributed by atoms with E-state index in [1.165, 1.54) is 38.2 Å². The van der Waals surface area contributed by atoms with Crippen molar-refractivity contribution in [3.05, 3.63) is 24.2 Å². The van der Waals surface area contributed by atoms with Crippen molar-refractivity contribution in [3.8, 4) is 0 Å². The van der Waals surface area contributed by atoms with Gasteiger partial charge in [-0.25, -0.2) is 9.97 Å². The molecule has 0 spiro atoms. The van der Waals surface area contributed by atoms with Crippen LogP contribution >= 0.6 is 0 Å². The quantitative estimate of drug-likeness (QED) is 0.910. The fourth-order valence-corrected chi connectivity index (χ4v) is 3.16. The largest absolute Gasteiger partial charge is 0.316 e. The van der Waals surface area contributed by atoms with Gasteiger partial charge in [0, 0.05) is 19.2 Å². The smallest absolute Gasteiger partial charge is 0.159 e. The van der Waals surface area contributed by atoms with Crippen molar-refractivity contribution in [1.82, 2.24) is 19.9 Å². The van der Waals surface area contributed by atoms with Crippen LogP contribution in [0.25, 0.3) is 11.2 Å². The third-order valence-electron chi connectivity index (χ3n) is 4.21. The van der Waals surface area contributed by atoms with E-state index in [1.807, 2.05) is 12.3 Å². The molecule has 0 amide bonds. The lowest BCUT2D eigenvalue weighted by molar-refractivity contribution is 0.354. The van der Waals surface area contributed by atoms with E-state index in [1.54, 1.807) is 0 Å².